The van der Waals surface area contributed by atoms with Crippen LogP contribution in [0.5, 0.6) is 0 Å². The summed E-state index contributed by atoms with van der Waals surface area (Å²) in [5, 5.41) is 11.1. The number of aromatic nitrogens is 3. The lowest BCUT2D eigenvalue weighted by Crippen LogP contribution is -2.32. The van der Waals surface area contributed by atoms with Crippen LogP contribution in [0.3, 0.4) is 0 Å². The van der Waals surface area contributed by atoms with Crippen LogP contribution < -0.4 is 5.32 Å². The maximum Gasteiger partial charge on any atom is 0.254 e. The normalized spacial score (nSPS) is 13.2. The van der Waals surface area contributed by atoms with Gasteiger partial charge < -0.3 is 10.2 Å². The Labute approximate surface area is 150 Å². The first kappa shape index (κ1) is 16.3. The lowest BCUT2D eigenvalue weighted by molar-refractivity contribution is -0.121. The van der Waals surface area contributed by atoms with E-state index in [-0.39, 0.29) is 11.8 Å². The van der Waals surface area contributed by atoms with Gasteiger partial charge in [0.05, 0.1) is 0 Å². The van der Waals surface area contributed by atoms with E-state index in [4.69, 9.17) is 0 Å². The summed E-state index contributed by atoms with van der Waals surface area (Å²) in [5.41, 5.74) is 2.56. The third kappa shape index (κ3) is 3.15. The zero-order valence-electron chi connectivity index (χ0n) is 14.3. The molecule has 7 nitrogen and oxygen atoms in total. The number of carbonyl (C=O) groups is 2. The number of fused-ring (bicyclic) bond motifs is 2. The van der Waals surface area contributed by atoms with Crippen molar-refractivity contribution in [1.82, 2.24) is 24.8 Å². The van der Waals surface area contributed by atoms with Crippen molar-refractivity contribution >= 4 is 17.5 Å². The van der Waals surface area contributed by atoms with E-state index in [1.807, 2.05) is 53.1 Å². The van der Waals surface area contributed by atoms with Crippen LogP contribution in [0.1, 0.15) is 28.2 Å². The number of pyridine rings is 1. The summed E-state index contributed by atoms with van der Waals surface area (Å²) < 4.78 is 1.91. The molecule has 4 rings (SSSR count). The zero-order valence-corrected chi connectivity index (χ0v) is 14.3. The minimum atomic E-state index is -0.0671. The molecular weight excluding hydrogens is 330 g/mol. The molecule has 1 N–H and O–H groups in total. The van der Waals surface area contributed by atoms with Gasteiger partial charge in [0.1, 0.15) is 5.82 Å². The Hall–Kier alpha value is -3.22. The number of hydrogen-bond acceptors (Lipinski definition) is 4. The van der Waals surface area contributed by atoms with E-state index in [1.165, 1.54) is 0 Å². The third-order valence-electron chi connectivity index (χ3n) is 4.56. The second kappa shape index (κ2) is 6.95. The third-order valence-corrected chi connectivity index (χ3v) is 4.56. The van der Waals surface area contributed by atoms with Gasteiger partial charge >= 0.3 is 0 Å². The van der Waals surface area contributed by atoms with Gasteiger partial charge in [-0.15, -0.1) is 10.2 Å². The maximum absolute atomic E-state index is 12.3. The van der Waals surface area contributed by atoms with Crippen LogP contribution in [-0.2, 0) is 17.8 Å². The number of nitrogens with one attached hydrogen (secondary N) is 1. The smallest absolute Gasteiger partial charge is 0.254 e. The molecule has 2 aromatic heterocycles. The van der Waals surface area contributed by atoms with Crippen LogP contribution in [0, 0.1) is 0 Å². The minimum Gasteiger partial charge on any atom is -0.356 e. The Bertz CT molecular complexity index is 965. The van der Waals surface area contributed by atoms with Gasteiger partial charge in [0.25, 0.3) is 5.91 Å². The summed E-state index contributed by atoms with van der Waals surface area (Å²) in [6.07, 6.45) is 2.80. The lowest BCUT2D eigenvalue weighted by atomic mass is 10.1. The summed E-state index contributed by atoms with van der Waals surface area (Å²) in [6, 6.07) is 13.3. The molecule has 132 valence electrons. The topological polar surface area (TPSA) is 79.6 Å². The van der Waals surface area contributed by atoms with Crippen LogP contribution in [0.25, 0.3) is 5.65 Å². The Balaban J connectivity index is 1.24. The Kier molecular flexibility index (Phi) is 4.35. The monoisotopic (exact) mass is 349 g/mol. The van der Waals surface area contributed by atoms with E-state index < -0.39 is 0 Å². The highest BCUT2D eigenvalue weighted by atomic mass is 16.2. The number of rotatable bonds is 6. The molecule has 3 heterocycles. The van der Waals surface area contributed by atoms with Crippen molar-refractivity contribution in [2.75, 3.05) is 13.1 Å². The van der Waals surface area contributed by atoms with E-state index in [0.29, 0.717) is 32.5 Å². The van der Waals surface area contributed by atoms with E-state index in [1.54, 1.807) is 4.90 Å². The van der Waals surface area contributed by atoms with Gasteiger partial charge in [-0.25, -0.2) is 0 Å². The number of carbonyl (C=O) groups excluding carboxylic acids is 2. The number of amides is 2. The molecule has 26 heavy (non-hydrogen) atoms. The predicted molar refractivity (Wildman–Crippen MR) is 95.5 cm³/mol. The summed E-state index contributed by atoms with van der Waals surface area (Å²) in [7, 11) is 0. The van der Waals surface area contributed by atoms with Crippen molar-refractivity contribution in [1.29, 1.82) is 0 Å². The predicted octanol–water partition coefficient (Wildman–Crippen LogP) is 1.43. The van der Waals surface area contributed by atoms with Crippen molar-refractivity contribution in [3.05, 3.63) is 65.6 Å². The summed E-state index contributed by atoms with van der Waals surface area (Å²) in [5.74, 6) is 0.747. The van der Waals surface area contributed by atoms with Crippen LogP contribution in [0.2, 0.25) is 0 Å². The first-order valence-electron chi connectivity index (χ1n) is 8.65. The highest BCUT2D eigenvalue weighted by molar-refractivity contribution is 5.98. The highest BCUT2D eigenvalue weighted by Gasteiger charge is 2.26. The molecule has 3 aromatic rings. The molecule has 0 fully saturated rings. The number of benzene rings is 1. The Morgan fingerprint density at radius 1 is 1.12 bits per heavy atom. The Morgan fingerprint density at radius 3 is 2.85 bits per heavy atom. The van der Waals surface area contributed by atoms with Crippen molar-refractivity contribution in [2.24, 2.45) is 0 Å². The second-order valence-corrected chi connectivity index (χ2v) is 6.28. The van der Waals surface area contributed by atoms with Gasteiger partial charge in [-0.1, -0.05) is 24.3 Å². The molecule has 0 spiro atoms. The van der Waals surface area contributed by atoms with Crippen molar-refractivity contribution in [3.63, 3.8) is 0 Å². The quantitative estimate of drug-likeness (QED) is 0.730. The highest BCUT2D eigenvalue weighted by Crippen LogP contribution is 2.22. The summed E-state index contributed by atoms with van der Waals surface area (Å²) >= 11 is 0. The molecule has 1 aromatic carbocycles. The van der Waals surface area contributed by atoms with Crippen molar-refractivity contribution in [2.45, 2.75) is 19.4 Å². The summed E-state index contributed by atoms with van der Waals surface area (Å²) in [4.78, 5) is 26.1. The van der Waals surface area contributed by atoms with Crippen LogP contribution in [0.15, 0.2) is 48.7 Å². The van der Waals surface area contributed by atoms with Gasteiger partial charge in [-0.2, -0.15) is 0 Å². The van der Waals surface area contributed by atoms with Crippen LogP contribution in [0.4, 0.5) is 0 Å². The van der Waals surface area contributed by atoms with Gasteiger partial charge in [0.2, 0.25) is 5.91 Å². The van der Waals surface area contributed by atoms with E-state index in [9.17, 15) is 9.59 Å². The average Bonchev–Trinajstić information content (AvgIpc) is 3.22. The second-order valence-electron chi connectivity index (χ2n) is 6.28. The van der Waals surface area contributed by atoms with E-state index in [2.05, 4.69) is 15.5 Å². The van der Waals surface area contributed by atoms with E-state index >= 15 is 0 Å². The minimum absolute atomic E-state index is 0.00308. The summed E-state index contributed by atoms with van der Waals surface area (Å²) in [6.45, 7) is 1.49. The number of nitrogens with zero attached hydrogens (tertiary/aromatic N) is 4. The maximum atomic E-state index is 12.3. The van der Waals surface area contributed by atoms with Gasteiger partial charge in [0.15, 0.2) is 5.65 Å². The molecule has 0 saturated carbocycles. The molecule has 0 bridgehead atoms. The molecule has 0 saturated heterocycles. The molecule has 0 radical (unpaired) electrons. The fraction of sp³-hybridized carbons (Fsp3) is 0.263. The first-order valence-corrected chi connectivity index (χ1v) is 8.65. The molecule has 0 unspecified atom stereocenters. The zero-order chi connectivity index (χ0) is 17.9. The molecule has 2 amide bonds. The average molecular weight is 349 g/mol. The molecule has 1 aliphatic heterocycles. The van der Waals surface area contributed by atoms with Crippen LogP contribution in [-0.4, -0.2) is 44.4 Å². The van der Waals surface area contributed by atoms with Gasteiger partial charge in [0, 0.05) is 44.2 Å². The van der Waals surface area contributed by atoms with Gasteiger partial charge in [-0.3, -0.25) is 14.0 Å². The van der Waals surface area contributed by atoms with Crippen molar-refractivity contribution < 1.29 is 9.59 Å². The van der Waals surface area contributed by atoms with E-state index in [0.717, 1.165) is 22.6 Å². The Morgan fingerprint density at radius 2 is 1.96 bits per heavy atom. The lowest BCUT2D eigenvalue weighted by Gasteiger charge is -2.15. The molecule has 0 aliphatic carbocycles. The molecular formula is C19H19N5O2. The van der Waals surface area contributed by atoms with Gasteiger partial charge in [-0.05, 0) is 23.8 Å². The SMILES string of the molecule is O=C(CCN1Cc2ccccc2C1=O)NCCc1nnc2ccccn12. The largest absolute Gasteiger partial charge is 0.356 e. The fourth-order valence-electron chi connectivity index (χ4n) is 3.20. The standard InChI is InChI=1S/C19H19N5O2/c25-18(9-12-23-13-14-5-1-2-6-15(14)19(23)26)20-10-8-17-22-21-16-7-3-4-11-24(16)17/h1-7,11H,8-10,12-13H2,(H,20,25). The fourth-order valence-corrected chi connectivity index (χ4v) is 3.20. The van der Waals surface area contributed by atoms with Crippen LogP contribution >= 0.6 is 0 Å². The molecule has 7 heteroatoms. The van der Waals surface area contributed by atoms with Crippen molar-refractivity contribution in [3.8, 4) is 0 Å². The molecule has 0 atom stereocenters. The first-order chi connectivity index (χ1) is 12.7. The molecule has 1 aliphatic rings. The number of hydrogen-bond donors (Lipinski definition) is 1.